The van der Waals surface area contributed by atoms with E-state index in [1.165, 1.54) is 6.92 Å². The van der Waals surface area contributed by atoms with Gasteiger partial charge in [-0.3, -0.25) is 9.59 Å². The quantitative estimate of drug-likeness (QED) is 0.641. The van der Waals surface area contributed by atoms with Crippen molar-refractivity contribution < 1.29 is 14.7 Å². The van der Waals surface area contributed by atoms with E-state index in [-0.39, 0.29) is 12.3 Å². The number of Topliss-reactive ketones (excluding diaryl/α,β-unsaturated/α-hetero) is 1. The molecule has 3 N–H and O–H groups in total. The largest absolute Gasteiger partial charge is 0.480 e. The Balaban J connectivity index is 2.66. The highest BCUT2D eigenvalue weighted by Gasteiger charge is 2.13. The number of likely N-dealkylation sites (N-methyl/N-ethyl adjacent to an activating group) is 1. The van der Waals surface area contributed by atoms with Crippen molar-refractivity contribution in [1.82, 2.24) is 5.32 Å². The number of carbonyl (C=O) groups excluding carboxylic acids is 1. The number of ketones is 1. The van der Waals surface area contributed by atoms with E-state index in [1.807, 2.05) is 0 Å². The zero-order valence-corrected chi connectivity index (χ0v) is 9.86. The van der Waals surface area contributed by atoms with Crippen molar-refractivity contribution in [1.29, 1.82) is 0 Å². The molecule has 0 radical (unpaired) electrons. The molecule has 5 heteroatoms. The van der Waals surface area contributed by atoms with Crippen LogP contribution in [0.1, 0.15) is 17.3 Å². The lowest BCUT2D eigenvalue weighted by atomic mass is 10.1. The number of aliphatic carboxylic acids is 1. The predicted octanol–water partition coefficient (Wildman–Crippen LogP) is 0.974. The molecular weight excluding hydrogens is 220 g/mol. The second-order valence-corrected chi connectivity index (χ2v) is 3.70. The molecule has 92 valence electrons. The molecule has 1 aromatic carbocycles. The van der Waals surface area contributed by atoms with Gasteiger partial charge in [0.15, 0.2) is 5.78 Å². The number of benzene rings is 1. The first-order valence-corrected chi connectivity index (χ1v) is 5.29. The maximum Gasteiger partial charge on any atom is 0.322 e. The van der Waals surface area contributed by atoms with Gasteiger partial charge in [0.05, 0.1) is 0 Å². The van der Waals surface area contributed by atoms with E-state index in [2.05, 4.69) is 10.6 Å². The van der Waals surface area contributed by atoms with E-state index in [1.54, 1.807) is 31.3 Å². The number of rotatable bonds is 6. The average Bonchev–Trinajstić information content (AvgIpc) is 2.29. The van der Waals surface area contributed by atoms with Crippen molar-refractivity contribution in [3.8, 4) is 0 Å². The maximum absolute atomic E-state index is 11.2. The van der Waals surface area contributed by atoms with Crippen LogP contribution in [-0.4, -0.2) is 36.5 Å². The summed E-state index contributed by atoms with van der Waals surface area (Å²) in [5, 5.41) is 14.5. The summed E-state index contributed by atoms with van der Waals surface area (Å²) in [6.45, 7) is 1.75. The smallest absolute Gasteiger partial charge is 0.322 e. The molecule has 17 heavy (non-hydrogen) atoms. The van der Waals surface area contributed by atoms with Crippen molar-refractivity contribution in [3.05, 3.63) is 29.8 Å². The number of anilines is 1. The summed E-state index contributed by atoms with van der Waals surface area (Å²) >= 11 is 0. The van der Waals surface area contributed by atoms with Crippen LogP contribution in [0.2, 0.25) is 0 Å². The van der Waals surface area contributed by atoms with Crippen LogP contribution in [0, 0.1) is 0 Å². The first kappa shape index (κ1) is 13.2. The van der Waals surface area contributed by atoms with Gasteiger partial charge in [0.2, 0.25) is 0 Å². The topological polar surface area (TPSA) is 78.4 Å². The molecule has 0 aliphatic rings. The standard InChI is InChI=1S/C12H16N2O3/c1-8(15)9-4-3-5-10(6-9)14-7-11(13-2)12(16)17/h3-6,11,13-14H,7H2,1-2H3,(H,16,17). The lowest BCUT2D eigenvalue weighted by Gasteiger charge is -2.13. The molecule has 0 aromatic heterocycles. The lowest BCUT2D eigenvalue weighted by Crippen LogP contribution is -2.39. The maximum atomic E-state index is 11.2. The van der Waals surface area contributed by atoms with E-state index in [9.17, 15) is 9.59 Å². The van der Waals surface area contributed by atoms with Gasteiger partial charge in [-0.25, -0.2) is 0 Å². The van der Waals surface area contributed by atoms with Crippen LogP contribution in [0.15, 0.2) is 24.3 Å². The number of hydrogen-bond donors (Lipinski definition) is 3. The SMILES string of the molecule is CNC(CNc1cccc(C(C)=O)c1)C(=O)O. The minimum atomic E-state index is -0.914. The summed E-state index contributed by atoms with van der Waals surface area (Å²) in [6, 6.07) is 6.32. The van der Waals surface area contributed by atoms with Gasteiger partial charge in [0.25, 0.3) is 0 Å². The minimum Gasteiger partial charge on any atom is -0.480 e. The Morgan fingerprint density at radius 1 is 1.41 bits per heavy atom. The minimum absolute atomic E-state index is 0.0166. The highest BCUT2D eigenvalue weighted by atomic mass is 16.4. The Kier molecular flexibility index (Phi) is 4.66. The summed E-state index contributed by atoms with van der Waals surface area (Å²) in [5.41, 5.74) is 1.34. The molecule has 0 aliphatic carbocycles. The third-order valence-electron chi connectivity index (χ3n) is 2.43. The Morgan fingerprint density at radius 2 is 2.12 bits per heavy atom. The molecule has 0 aliphatic heterocycles. The van der Waals surface area contributed by atoms with Gasteiger partial charge in [0.1, 0.15) is 6.04 Å². The monoisotopic (exact) mass is 236 g/mol. The second kappa shape index (κ2) is 6.00. The molecule has 0 heterocycles. The van der Waals surface area contributed by atoms with Gasteiger partial charge in [-0.1, -0.05) is 12.1 Å². The first-order chi connectivity index (χ1) is 8.04. The van der Waals surface area contributed by atoms with Gasteiger partial charge in [0, 0.05) is 17.8 Å². The Hall–Kier alpha value is -1.88. The molecule has 0 amide bonds. The molecule has 1 atom stereocenters. The molecule has 0 saturated carbocycles. The van der Waals surface area contributed by atoms with Crippen molar-refractivity contribution in [2.75, 3.05) is 18.9 Å². The van der Waals surface area contributed by atoms with E-state index in [4.69, 9.17) is 5.11 Å². The lowest BCUT2D eigenvalue weighted by molar-refractivity contribution is -0.138. The van der Waals surface area contributed by atoms with Crippen LogP contribution in [0.3, 0.4) is 0 Å². The molecule has 1 unspecified atom stereocenters. The molecule has 0 bridgehead atoms. The average molecular weight is 236 g/mol. The van der Waals surface area contributed by atoms with Crippen LogP contribution in [0.4, 0.5) is 5.69 Å². The highest BCUT2D eigenvalue weighted by Crippen LogP contribution is 2.11. The summed E-state index contributed by atoms with van der Waals surface area (Å²) in [6.07, 6.45) is 0. The fraction of sp³-hybridized carbons (Fsp3) is 0.333. The van der Waals surface area contributed by atoms with Crippen LogP contribution >= 0.6 is 0 Å². The summed E-state index contributed by atoms with van der Waals surface area (Å²) in [4.78, 5) is 21.9. The number of carboxylic acids is 1. The van der Waals surface area contributed by atoms with Crippen LogP contribution in [0.5, 0.6) is 0 Å². The van der Waals surface area contributed by atoms with Crippen molar-refractivity contribution in [3.63, 3.8) is 0 Å². The van der Waals surface area contributed by atoms with Crippen molar-refractivity contribution >= 4 is 17.4 Å². The van der Waals surface area contributed by atoms with Crippen molar-refractivity contribution in [2.45, 2.75) is 13.0 Å². The van der Waals surface area contributed by atoms with E-state index in [0.29, 0.717) is 5.56 Å². The number of hydrogen-bond acceptors (Lipinski definition) is 4. The molecule has 1 aromatic rings. The zero-order valence-electron chi connectivity index (χ0n) is 9.86. The summed E-state index contributed by atoms with van der Waals surface area (Å²) in [7, 11) is 1.59. The third-order valence-corrected chi connectivity index (χ3v) is 2.43. The van der Waals surface area contributed by atoms with Gasteiger partial charge < -0.3 is 15.7 Å². The van der Waals surface area contributed by atoms with Gasteiger partial charge in [-0.05, 0) is 26.1 Å². The fourth-order valence-corrected chi connectivity index (χ4v) is 1.38. The van der Waals surface area contributed by atoms with Crippen LogP contribution < -0.4 is 10.6 Å². The van der Waals surface area contributed by atoms with Crippen LogP contribution in [-0.2, 0) is 4.79 Å². The van der Waals surface area contributed by atoms with E-state index < -0.39 is 12.0 Å². The Bertz CT molecular complexity index is 418. The number of carbonyl (C=O) groups is 2. The fourth-order valence-electron chi connectivity index (χ4n) is 1.38. The second-order valence-electron chi connectivity index (χ2n) is 3.70. The van der Waals surface area contributed by atoms with Crippen LogP contribution in [0.25, 0.3) is 0 Å². The number of nitrogens with one attached hydrogen (secondary N) is 2. The molecule has 0 spiro atoms. The molecule has 5 nitrogen and oxygen atoms in total. The molecular formula is C12H16N2O3. The van der Waals surface area contributed by atoms with Gasteiger partial charge in [-0.15, -0.1) is 0 Å². The third kappa shape index (κ3) is 3.88. The number of carboxylic acid groups (broad SMARTS) is 1. The Morgan fingerprint density at radius 3 is 2.65 bits per heavy atom. The summed E-state index contributed by atoms with van der Waals surface area (Å²) in [5.74, 6) is -0.931. The highest BCUT2D eigenvalue weighted by molar-refractivity contribution is 5.94. The molecule has 0 fully saturated rings. The normalized spacial score (nSPS) is 11.9. The predicted molar refractivity (Wildman–Crippen MR) is 65.4 cm³/mol. The van der Waals surface area contributed by atoms with Crippen molar-refractivity contribution in [2.24, 2.45) is 0 Å². The first-order valence-electron chi connectivity index (χ1n) is 5.29. The molecule has 1 rings (SSSR count). The van der Waals surface area contributed by atoms with Gasteiger partial charge in [-0.2, -0.15) is 0 Å². The van der Waals surface area contributed by atoms with Gasteiger partial charge >= 0.3 is 5.97 Å². The summed E-state index contributed by atoms with van der Waals surface area (Å²) < 4.78 is 0. The Labute approximate surface area is 99.8 Å². The molecule has 0 saturated heterocycles. The zero-order chi connectivity index (χ0) is 12.8. The van der Waals surface area contributed by atoms with E-state index in [0.717, 1.165) is 5.69 Å². The van der Waals surface area contributed by atoms with E-state index >= 15 is 0 Å².